The number of piperidine rings is 1. The van der Waals surface area contributed by atoms with E-state index < -0.39 is 11.6 Å². The van der Waals surface area contributed by atoms with Crippen molar-refractivity contribution in [3.63, 3.8) is 0 Å². The lowest BCUT2D eigenvalue weighted by Crippen LogP contribution is -2.35. The predicted molar refractivity (Wildman–Crippen MR) is 60.9 cm³/mol. The normalized spacial score (nSPS) is 20.2. The molecule has 1 unspecified atom stereocenters. The Labute approximate surface area is 99.0 Å². The first kappa shape index (κ1) is 12.2. The molecule has 0 radical (unpaired) electrons. The van der Waals surface area contributed by atoms with Crippen molar-refractivity contribution < 1.29 is 13.6 Å². The van der Waals surface area contributed by atoms with E-state index in [9.17, 15) is 13.6 Å². The summed E-state index contributed by atoms with van der Waals surface area (Å²) in [4.78, 5) is 11.8. The van der Waals surface area contributed by atoms with E-state index in [0.29, 0.717) is 6.42 Å². The van der Waals surface area contributed by atoms with Crippen molar-refractivity contribution in [3.05, 3.63) is 35.4 Å². The van der Waals surface area contributed by atoms with E-state index in [-0.39, 0.29) is 17.4 Å². The van der Waals surface area contributed by atoms with Crippen molar-refractivity contribution >= 4 is 5.78 Å². The number of hydrogen-bond acceptors (Lipinski definition) is 2. The molecule has 1 aliphatic rings. The summed E-state index contributed by atoms with van der Waals surface area (Å²) in [5.41, 5.74) is 0.120. The van der Waals surface area contributed by atoms with Gasteiger partial charge in [-0.3, -0.25) is 4.79 Å². The number of nitrogens with one attached hydrogen (secondary N) is 1. The summed E-state index contributed by atoms with van der Waals surface area (Å²) >= 11 is 0. The average Bonchev–Trinajstić information content (AvgIpc) is 2.29. The van der Waals surface area contributed by atoms with Gasteiger partial charge in [-0.2, -0.15) is 0 Å². The second kappa shape index (κ2) is 5.36. The van der Waals surface area contributed by atoms with Crippen LogP contribution < -0.4 is 5.32 Å². The van der Waals surface area contributed by atoms with Crippen LogP contribution in [0.3, 0.4) is 0 Å². The topological polar surface area (TPSA) is 29.1 Å². The van der Waals surface area contributed by atoms with Crippen molar-refractivity contribution in [1.29, 1.82) is 0 Å². The Morgan fingerprint density at radius 1 is 1.24 bits per heavy atom. The highest BCUT2D eigenvalue weighted by atomic mass is 19.1. The maximum absolute atomic E-state index is 13.0. The number of carbonyl (C=O) groups is 1. The van der Waals surface area contributed by atoms with E-state index in [0.717, 1.165) is 44.0 Å². The van der Waals surface area contributed by atoms with E-state index in [1.54, 1.807) is 0 Å². The second-order valence-electron chi connectivity index (χ2n) is 4.43. The van der Waals surface area contributed by atoms with Gasteiger partial charge < -0.3 is 5.32 Å². The fourth-order valence-electron chi connectivity index (χ4n) is 2.15. The molecular formula is C13H15F2NO. The second-order valence-corrected chi connectivity index (χ2v) is 4.43. The summed E-state index contributed by atoms with van der Waals surface area (Å²) in [6.45, 7) is 0.912. The average molecular weight is 239 g/mol. The fraction of sp³-hybridized carbons (Fsp3) is 0.462. The largest absolute Gasteiger partial charge is 0.314 e. The van der Waals surface area contributed by atoms with Crippen molar-refractivity contribution in [3.8, 4) is 0 Å². The predicted octanol–water partition coefficient (Wildman–Crippen LogP) is 2.68. The van der Waals surface area contributed by atoms with Crippen molar-refractivity contribution in [2.45, 2.75) is 31.7 Å². The van der Waals surface area contributed by atoms with Gasteiger partial charge in [-0.05, 0) is 31.5 Å². The van der Waals surface area contributed by atoms with E-state index in [1.165, 1.54) is 0 Å². The Kier molecular flexibility index (Phi) is 3.84. The molecule has 1 aliphatic heterocycles. The molecule has 0 bridgehead atoms. The quantitative estimate of drug-likeness (QED) is 0.822. The molecule has 2 rings (SSSR count). The lowest BCUT2D eigenvalue weighted by molar-refractivity contribution is 0.0963. The molecule has 1 aromatic carbocycles. The molecular weight excluding hydrogens is 224 g/mol. The van der Waals surface area contributed by atoms with Crippen LogP contribution in [0.5, 0.6) is 0 Å². The molecule has 0 amide bonds. The van der Waals surface area contributed by atoms with Crippen molar-refractivity contribution in [1.82, 2.24) is 5.32 Å². The van der Waals surface area contributed by atoms with Crippen molar-refractivity contribution in [2.24, 2.45) is 0 Å². The summed E-state index contributed by atoms with van der Waals surface area (Å²) in [7, 11) is 0. The monoisotopic (exact) mass is 239 g/mol. The molecule has 17 heavy (non-hydrogen) atoms. The first-order valence-corrected chi connectivity index (χ1v) is 5.88. The van der Waals surface area contributed by atoms with Gasteiger partial charge in [0.05, 0.1) is 0 Å². The Balaban J connectivity index is 2.03. The molecule has 1 atom stereocenters. The maximum Gasteiger partial charge on any atom is 0.164 e. The van der Waals surface area contributed by atoms with E-state index in [1.807, 2.05) is 0 Å². The number of ketones is 1. The van der Waals surface area contributed by atoms with Crippen LogP contribution in [0.25, 0.3) is 0 Å². The molecule has 4 heteroatoms. The van der Waals surface area contributed by atoms with Gasteiger partial charge in [-0.15, -0.1) is 0 Å². The number of benzene rings is 1. The number of rotatable bonds is 3. The van der Waals surface area contributed by atoms with Crippen LogP contribution in [0, 0.1) is 11.6 Å². The minimum Gasteiger partial charge on any atom is -0.314 e. The van der Waals surface area contributed by atoms with E-state index in [4.69, 9.17) is 0 Å². The van der Waals surface area contributed by atoms with Crippen LogP contribution in [0.4, 0.5) is 8.78 Å². The third kappa shape index (κ3) is 3.33. The van der Waals surface area contributed by atoms with Gasteiger partial charge in [0, 0.05) is 24.1 Å². The Bertz CT molecular complexity index is 394. The Morgan fingerprint density at radius 3 is 2.53 bits per heavy atom. The molecule has 1 saturated heterocycles. The van der Waals surface area contributed by atoms with Crippen LogP contribution in [0.15, 0.2) is 18.2 Å². The van der Waals surface area contributed by atoms with Crippen LogP contribution in [-0.4, -0.2) is 18.4 Å². The molecule has 1 heterocycles. The van der Waals surface area contributed by atoms with Gasteiger partial charge >= 0.3 is 0 Å². The summed E-state index contributed by atoms with van der Waals surface area (Å²) in [6.07, 6.45) is 3.48. The zero-order valence-electron chi connectivity index (χ0n) is 9.51. The summed E-state index contributed by atoms with van der Waals surface area (Å²) in [5, 5.41) is 3.24. The fourth-order valence-corrected chi connectivity index (χ4v) is 2.15. The van der Waals surface area contributed by atoms with Gasteiger partial charge in [0.1, 0.15) is 11.6 Å². The number of halogens is 2. The number of carbonyl (C=O) groups excluding carboxylic acids is 1. The van der Waals surface area contributed by atoms with E-state index in [2.05, 4.69) is 5.32 Å². The summed E-state index contributed by atoms with van der Waals surface area (Å²) in [6, 6.07) is 3.10. The highest BCUT2D eigenvalue weighted by Gasteiger charge is 2.18. The standard InChI is InChI=1S/C13H15F2NO/c14-10-5-9(6-11(15)7-10)13(17)8-12-3-1-2-4-16-12/h5-7,12,16H,1-4,8H2. The Morgan fingerprint density at radius 2 is 1.94 bits per heavy atom. The number of Topliss-reactive ketones (excluding diaryl/α,β-unsaturated/α-hetero) is 1. The molecule has 0 spiro atoms. The number of hydrogen-bond donors (Lipinski definition) is 1. The third-order valence-electron chi connectivity index (χ3n) is 3.03. The molecule has 2 nitrogen and oxygen atoms in total. The zero-order valence-corrected chi connectivity index (χ0v) is 9.51. The van der Waals surface area contributed by atoms with Crippen LogP contribution >= 0.6 is 0 Å². The highest BCUT2D eigenvalue weighted by molar-refractivity contribution is 5.96. The Hall–Kier alpha value is -1.29. The van der Waals surface area contributed by atoms with Crippen molar-refractivity contribution in [2.75, 3.05) is 6.54 Å². The first-order valence-electron chi connectivity index (χ1n) is 5.88. The van der Waals surface area contributed by atoms with Gasteiger partial charge in [-0.25, -0.2) is 8.78 Å². The third-order valence-corrected chi connectivity index (χ3v) is 3.03. The lowest BCUT2D eigenvalue weighted by Gasteiger charge is -2.22. The van der Waals surface area contributed by atoms with Gasteiger partial charge in [0.15, 0.2) is 5.78 Å². The highest BCUT2D eigenvalue weighted by Crippen LogP contribution is 2.15. The SMILES string of the molecule is O=C(CC1CCCCN1)c1cc(F)cc(F)c1. The molecule has 92 valence electrons. The minimum atomic E-state index is -0.704. The van der Waals surface area contributed by atoms with Gasteiger partial charge in [0.25, 0.3) is 0 Å². The van der Waals surface area contributed by atoms with Crippen LogP contribution in [-0.2, 0) is 0 Å². The van der Waals surface area contributed by atoms with Gasteiger partial charge in [0.2, 0.25) is 0 Å². The molecule has 0 aliphatic carbocycles. The van der Waals surface area contributed by atoms with Gasteiger partial charge in [-0.1, -0.05) is 6.42 Å². The van der Waals surface area contributed by atoms with Crippen LogP contribution in [0.2, 0.25) is 0 Å². The first-order chi connectivity index (χ1) is 8.15. The maximum atomic E-state index is 13.0. The molecule has 1 N–H and O–H groups in total. The molecule has 1 aromatic rings. The lowest BCUT2D eigenvalue weighted by atomic mass is 9.97. The minimum absolute atomic E-state index is 0.120. The van der Waals surface area contributed by atoms with Crippen LogP contribution in [0.1, 0.15) is 36.0 Å². The molecule has 0 saturated carbocycles. The smallest absolute Gasteiger partial charge is 0.164 e. The summed E-state index contributed by atoms with van der Waals surface area (Å²) < 4.78 is 25.9. The van der Waals surface area contributed by atoms with E-state index >= 15 is 0 Å². The molecule has 0 aromatic heterocycles. The summed E-state index contributed by atoms with van der Waals surface area (Å²) in [5.74, 6) is -1.61. The zero-order chi connectivity index (χ0) is 12.3. The molecule has 1 fully saturated rings.